The number of carbonyl (C=O) groups excluding carboxylic acids is 2. The van der Waals surface area contributed by atoms with Gasteiger partial charge >= 0.3 is 0 Å². The number of anilines is 1. The topological polar surface area (TPSA) is 86.8 Å². The molecule has 0 heterocycles. The van der Waals surface area contributed by atoms with Gasteiger partial charge in [0.25, 0.3) is 0 Å². The molecule has 0 saturated carbocycles. The van der Waals surface area contributed by atoms with Crippen LogP contribution in [0.3, 0.4) is 0 Å². The van der Waals surface area contributed by atoms with Crippen LogP contribution in [0.1, 0.15) is 44.7 Å². The zero-order chi connectivity index (χ0) is 27.2. The molecule has 2 atom stereocenters. The Balaban J connectivity index is 2.50. The minimum Gasteiger partial charge on any atom is -0.352 e. The highest BCUT2D eigenvalue weighted by molar-refractivity contribution is 7.92. The average Bonchev–Trinajstić information content (AvgIpc) is 2.79. The van der Waals surface area contributed by atoms with Crippen LogP contribution >= 0.6 is 34.8 Å². The molecule has 198 valence electrons. The van der Waals surface area contributed by atoms with Crippen molar-refractivity contribution in [3.05, 3.63) is 62.6 Å². The number of aryl methyl sites for hydroxylation is 1. The predicted molar refractivity (Wildman–Crippen MR) is 147 cm³/mol. The van der Waals surface area contributed by atoms with Crippen molar-refractivity contribution in [1.82, 2.24) is 10.2 Å². The first kappa shape index (κ1) is 30.2. The standard InChI is InChI=1S/C25H32Cl3N3O4S/c1-6-17(4)29-25(33)23(7-2)30(14-18-9-10-19(26)12-22(18)28)24(32)15-31(36(5,34)35)20-11-8-16(3)21(27)13-20/h8-13,17,23H,6-7,14-15H2,1-5H3,(H,29,33)/t17-,23+/m1/s1. The summed E-state index contributed by atoms with van der Waals surface area (Å²) in [5.41, 5.74) is 1.60. The Morgan fingerprint density at radius 1 is 1.00 bits per heavy atom. The van der Waals surface area contributed by atoms with Crippen LogP contribution in [0.4, 0.5) is 5.69 Å². The van der Waals surface area contributed by atoms with Gasteiger partial charge in [0.2, 0.25) is 21.8 Å². The molecule has 2 amide bonds. The highest BCUT2D eigenvalue weighted by Gasteiger charge is 2.32. The summed E-state index contributed by atoms with van der Waals surface area (Å²) in [4.78, 5) is 28.2. The van der Waals surface area contributed by atoms with Crippen molar-refractivity contribution in [1.29, 1.82) is 0 Å². The van der Waals surface area contributed by atoms with E-state index in [9.17, 15) is 18.0 Å². The summed E-state index contributed by atoms with van der Waals surface area (Å²) >= 11 is 18.6. The van der Waals surface area contributed by atoms with Crippen molar-refractivity contribution in [3.63, 3.8) is 0 Å². The fourth-order valence-corrected chi connectivity index (χ4v) is 5.03. The van der Waals surface area contributed by atoms with Gasteiger partial charge in [0.05, 0.1) is 11.9 Å². The van der Waals surface area contributed by atoms with E-state index in [4.69, 9.17) is 34.8 Å². The number of carbonyl (C=O) groups is 2. The molecule has 0 bridgehead atoms. The third-order valence-electron chi connectivity index (χ3n) is 5.87. The van der Waals surface area contributed by atoms with Gasteiger partial charge in [-0.1, -0.05) is 60.8 Å². The molecular formula is C25H32Cl3N3O4S. The maximum atomic E-state index is 13.7. The monoisotopic (exact) mass is 575 g/mol. The van der Waals surface area contributed by atoms with Crippen molar-refractivity contribution in [2.75, 3.05) is 17.1 Å². The second-order valence-corrected chi connectivity index (χ2v) is 11.9. The quantitative estimate of drug-likeness (QED) is 0.386. The zero-order valence-corrected chi connectivity index (χ0v) is 24.1. The van der Waals surface area contributed by atoms with Crippen LogP contribution in [0.2, 0.25) is 15.1 Å². The molecule has 11 heteroatoms. The van der Waals surface area contributed by atoms with Crippen LogP contribution < -0.4 is 9.62 Å². The highest BCUT2D eigenvalue weighted by atomic mass is 35.5. The van der Waals surface area contributed by atoms with Crippen LogP contribution in [0.15, 0.2) is 36.4 Å². The van der Waals surface area contributed by atoms with Crippen LogP contribution in [0.25, 0.3) is 0 Å². The van der Waals surface area contributed by atoms with Crippen molar-refractivity contribution in [2.45, 2.75) is 59.2 Å². The van der Waals surface area contributed by atoms with E-state index in [-0.39, 0.29) is 24.2 Å². The molecule has 0 fully saturated rings. The highest BCUT2D eigenvalue weighted by Crippen LogP contribution is 2.27. The molecule has 36 heavy (non-hydrogen) atoms. The maximum absolute atomic E-state index is 13.7. The van der Waals surface area contributed by atoms with E-state index in [2.05, 4.69) is 5.32 Å². The Bertz CT molecular complexity index is 1210. The summed E-state index contributed by atoms with van der Waals surface area (Å²) < 4.78 is 26.4. The van der Waals surface area contributed by atoms with Gasteiger partial charge in [0.1, 0.15) is 12.6 Å². The van der Waals surface area contributed by atoms with E-state index >= 15 is 0 Å². The lowest BCUT2D eigenvalue weighted by molar-refractivity contribution is -0.140. The minimum absolute atomic E-state index is 0.00642. The molecule has 0 aliphatic carbocycles. The third-order valence-corrected chi connectivity index (χ3v) is 8.00. The zero-order valence-electron chi connectivity index (χ0n) is 21.0. The number of benzene rings is 2. The van der Waals surface area contributed by atoms with E-state index in [1.165, 1.54) is 11.0 Å². The summed E-state index contributed by atoms with van der Waals surface area (Å²) in [7, 11) is -3.86. The Kier molecular flexibility index (Phi) is 10.9. The number of nitrogens with zero attached hydrogens (tertiary/aromatic N) is 2. The average molecular weight is 577 g/mol. The molecule has 0 radical (unpaired) electrons. The SMILES string of the molecule is CC[C@@H](C)NC(=O)[C@H](CC)N(Cc1ccc(Cl)cc1Cl)C(=O)CN(c1ccc(C)c(Cl)c1)S(C)(=O)=O. The van der Waals surface area contributed by atoms with E-state index in [1.807, 2.05) is 13.8 Å². The number of sulfonamides is 1. The van der Waals surface area contributed by atoms with E-state index in [0.29, 0.717) is 27.1 Å². The molecule has 2 aromatic rings. The molecule has 0 saturated heterocycles. The lowest BCUT2D eigenvalue weighted by Gasteiger charge is -2.33. The Morgan fingerprint density at radius 3 is 2.19 bits per heavy atom. The Morgan fingerprint density at radius 2 is 1.67 bits per heavy atom. The number of rotatable bonds is 11. The van der Waals surface area contributed by atoms with Gasteiger partial charge in [0, 0.05) is 27.7 Å². The van der Waals surface area contributed by atoms with Gasteiger partial charge < -0.3 is 10.2 Å². The predicted octanol–water partition coefficient (Wildman–Crippen LogP) is 5.44. The summed E-state index contributed by atoms with van der Waals surface area (Å²) in [6, 6.07) is 8.70. The summed E-state index contributed by atoms with van der Waals surface area (Å²) in [6.45, 7) is 6.88. The normalized spacial score (nSPS) is 13.1. The lowest BCUT2D eigenvalue weighted by Crippen LogP contribution is -2.53. The fourth-order valence-electron chi connectivity index (χ4n) is 3.54. The maximum Gasteiger partial charge on any atom is 0.244 e. The number of nitrogens with one attached hydrogen (secondary N) is 1. The minimum atomic E-state index is -3.86. The largest absolute Gasteiger partial charge is 0.352 e. The number of hydrogen-bond acceptors (Lipinski definition) is 4. The molecule has 0 aliphatic heterocycles. The van der Waals surface area contributed by atoms with Crippen LogP contribution in [-0.4, -0.2) is 50.0 Å². The van der Waals surface area contributed by atoms with Gasteiger partial charge in [-0.3, -0.25) is 13.9 Å². The third kappa shape index (κ3) is 8.00. The molecule has 0 spiro atoms. The van der Waals surface area contributed by atoms with E-state index in [1.54, 1.807) is 44.2 Å². The van der Waals surface area contributed by atoms with Gasteiger partial charge in [-0.2, -0.15) is 0 Å². The fraction of sp³-hybridized carbons (Fsp3) is 0.440. The van der Waals surface area contributed by atoms with Gasteiger partial charge in [0.15, 0.2) is 0 Å². The first-order chi connectivity index (χ1) is 16.8. The van der Waals surface area contributed by atoms with Gasteiger partial charge in [-0.05, 0) is 62.1 Å². The molecule has 1 N–H and O–H groups in total. The molecule has 0 aromatic heterocycles. The van der Waals surface area contributed by atoms with Crippen LogP contribution in [0, 0.1) is 6.92 Å². The van der Waals surface area contributed by atoms with Crippen molar-refractivity contribution < 1.29 is 18.0 Å². The second-order valence-electron chi connectivity index (χ2n) is 8.70. The van der Waals surface area contributed by atoms with Crippen molar-refractivity contribution in [3.8, 4) is 0 Å². The molecule has 0 unspecified atom stereocenters. The first-order valence-electron chi connectivity index (χ1n) is 11.6. The molecule has 2 aromatic carbocycles. The van der Waals surface area contributed by atoms with Gasteiger partial charge in [-0.25, -0.2) is 8.42 Å². The van der Waals surface area contributed by atoms with Gasteiger partial charge in [-0.15, -0.1) is 0 Å². The second kappa shape index (κ2) is 13.0. The molecule has 0 aliphatic rings. The van der Waals surface area contributed by atoms with Crippen molar-refractivity contribution in [2.24, 2.45) is 0 Å². The van der Waals surface area contributed by atoms with Crippen molar-refractivity contribution >= 4 is 62.3 Å². The summed E-state index contributed by atoms with van der Waals surface area (Å²) in [5.74, 6) is -0.885. The molecular weight excluding hydrogens is 545 g/mol. The molecule has 7 nitrogen and oxygen atoms in total. The Labute approximate surface area is 228 Å². The number of amides is 2. The first-order valence-corrected chi connectivity index (χ1v) is 14.5. The van der Waals surface area contributed by atoms with E-state index in [0.717, 1.165) is 22.5 Å². The number of hydrogen-bond donors (Lipinski definition) is 1. The smallest absolute Gasteiger partial charge is 0.244 e. The Hall–Kier alpha value is -2.00. The van der Waals surface area contributed by atoms with Crippen LogP contribution in [0.5, 0.6) is 0 Å². The van der Waals surface area contributed by atoms with E-state index < -0.39 is 28.5 Å². The molecule has 2 rings (SSSR count). The van der Waals surface area contributed by atoms with Crippen LogP contribution in [-0.2, 0) is 26.2 Å². The number of halogens is 3. The summed E-state index contributed by atoms with van der Waals surface area (Å²) in [5, 5.41) is 4.06. The summed E-state index contributed by atoms with van der Waals surface area (Å²) in [6.07, 6.45) is 2.05. The lowest BCUT2D eigenvalue weighted by atomic mass is 10.1.